The molecule has 2 heterocycles. The number of methoxy groups -OCH3 is 1. The highest BCUT2D eigenvalue weighted by Crippen LogP contribution is 2.49. The third-order valence-electron chi connectivity index (χ3n) is 5.61. The summed E-state index contributed by atoms with van der Waals surface area (Å²) in [6.45, 7) is 0. The maximum absolute atomic E-state index is 13.7. The molecule has 2 aliphatic heterocycles. The first-order valence-corrected chi connectivity index (χ1v) is 9.31. The average Bonchev–Trinajstić information content (AvgIpc) is 2.97. The summed E-state index contributed by atoms with van der Waals surface area (Å²) in [5, 5.41) is 3.40. The van der Waals surface area contributed by atoms with E-state index in [1.54, 1.807) is 54.3 Å². The number of rotatable bonds is 2. The maximum Gasteiger partial charge on any atom is 0.278 e. The number of anilines is 3. The number of nitrogens with zero attached hydrogens (tertiary/aromatic N) is 2. The molecular formula is C23H19N3O3. The number of para-hydroxylation sites is 2. The van der Waals surface area contributed by atoms with Crippen LogP contribution in [0.25, 0.3) is 0 Å². The highest BCUT2D eigenvalue weighted by atomic mass is 16.5. The molecule has 144 valence electrons. The Bertz CT molecular complexity index is 1140. The van der Waals surface area contributed by atoms with E-state index in [0.717, 1.165) is 11.3 Å². The Morgan fingerprint density at radius 3 is 2.34 bits per heavy atom. The lowest BCUT2D eigenvalue weighted by atomic mass is 9.92. The molecule has 0 bridgehead atoms. The molecule has 0 aliphatic carbocycles. The van der Waals surface area contributed by atoms with Crippen LogP contribution < -0.4 is 19.9 Å². The fraction of sp³-hybridized carbons (Fsp3) is 0.130. The highest BCUT2D eigenvalue weighted by molar-refractivity contribution is 6.22. The second kappa shape index (κ2) is 6.10. The molecule has 0 fully saturated rings. The van der Waals surface area contributed by atoms with Crippen molar-refractivity contribution in [1.82, 2.24) is 0 Å². The summed E-state index contributed by atoms with van der Waals surface area (Å²) in [6.07, 6.45) is 0. The number of hydrogen-bond acceptors (Lipinski definition) is 4. The number of amides is 2. The minimum Gasteiger partial charge on any atom is -0.497 e. The number of carbonyl (C=O) groups is 2. The first-order chi connectivity index (χ1) is 14.1. The van der Waals surface area contributed by atoms with Gasteiger partial charge in [-0.3, -0.25) is 14.5 Å². The number of likely N-dealkylation sites (N-methyl/N-ethyl adjacent to an activating group) is 1. The topological polar surface area (TPSA) is 61.9 Å². The van der Waals surface area contributed by atoms with E-state index < -0.39 is 5.66 Å². The Morgan fingerprint density at radius 2 is 1.59 bits per heavy atom. The van der Waals surface area contributed by atoms with Crippen LogP contribution in [0.1, 0.15) is 15.9 Å². The van der Waals surface area contributed by atoms with Gasteiger partial charge in [-0.1, -0.05) is 30.3 Å². The van der Waals surface area contributed by atoms with Crippen LogP contribution in [-0.4, -0.2) is 26.0 Å². The normalized spacial score (nSPS) is 19.8. The van der Waals surface area contributed by atoms with E-state index in [4.69, 9.17) is 4.74 Å². The molecule has 0 saturated heterocycles. The minimum absolute atomic E-state index is 0.211. The second-order valence-corrected chi connectivity index (χ2v) is 7.10. The van der Waals surface area contributed by atoms with Crippen LogP contribution in [-0.2, 0) is 10.5 Å². The zero-order valence-electron chi connectivity index (χ0n) is 16.0. The molecule has 6 heteroatoms. The summed E-state index contributed by atoms with van der Waals surface area (Å²) >= 11 is 0. The van der Waals surface area contributed by atoms with Gasteiger partial charge in [0.2, 0.25) is 5.66 Å². The second-order valence-electron chi connectivity index (χ2n) is 7.10. The van der Waals surface area contributed by atoms with Crippen molar-refractivity contribution in [3.63, 3.8) is 0 Å². The molecular weight excluding hydrogens is 366 g/mol. The zero-order valence-corrected chi connectivity index (χ0v) is 16.0. The number of carbonyl (C=O) groups excluding carboxylic acids is 2. The van der Waals surface area contributed by atoms with Gasteiger partial charge in [-0.05, 0) is 42.5 Å². The van der Waals surface area contributed by atoms with Crippen LogP contribution in [0.5, 0.6) is 5.75 Å². The van der Waals surface area contributed by atoms with Crippen LogP contribution in [0.4, 0.5) is 17.1 Å². The maximum atomic E-state index is 13.7. The smallest absolute Gasteiger partial charge is 0.278 e. The number of nitrogens with one attached hydrogen (secondary N) is 1. The van der Waals surface area contributed by atoms with E-state index in [1.165, 1.54) is 0 Å². The third kappa shape index (κ3) is 2.23. The quantitative estimate of drug-likeness (QED) is 0.732. The van der Waals surface area contributed by atoms with Crippen molar-refractivity contribution >= 4 is 28.9 Å². The number of hydrogen-bond donors (Lipinski definition) is 1. The minimum atomic E-state index is -1.36. The van der Waals surface area contributed by atoms with E-state index in [1.807, 2.05) is 42.5 Å². The summed E-state index contributed by atoms with van der Waals surface area (Å²) in [4.78, 5) is 30.5. The monoisotopic (exact) mass is 385 g/mol. The molecule has 0 radical (unpaired) electrons. The van der Waals surface area contributed by atoms with Gasteiger partial charge in [0.1, 0.15) is 5.75 Å². The predicted octanol–water partition coefficient (Wildman–Crippen LogP) is 3.60. The van der Waals surface area contributed by atoms with Gasteiger partial charge in [0.15, 0.2) is 0 Å². The predicted molar refractivity (Wildman–Crippen MR) is 111 cm³/mol. The van der Waals surface area contributed by atoms with Gasteiger partial charge >= 0.3 is 0 Å². The molecule has 2 aliphatic rings. The highest BCUT2D eigenvalue weighted by Gasteiger charge is 2.58. The lowest BCUT2D eigenvalue weighted by molar-refractivity contribution is -0.121. The van der Waals surface area contributed by atoms with Crippen molar-refractivity contribution in [3.8, 4) is 5.75 Å². The lowest BCUT2D eigenvalue weighted by Gasteiger charge is -2.44. The number of benzene rings is 3. The van der Waals surface area contributed by atoms with E-state index in [2.05, 4.69) is 5.32 Å². The van der Waals surface area contributed by atoms with Crippen molar-refractivity contribution in [1.29, 1.82) is 0 Å². The van der Waals surface area contributed by atoms with E-state index in [0.29, 0.717) is 22.7 Å². The SMILES string of the molecule is COc1ccc(N2C(=O)c3ccccc3N[C@@]23C(=O)N(C)c2ccccc23)cc1. The first-order valence-electron chi connectivity index (χ1n) is 9.31. The lowest BCUT2D eigenvalue weighted by Crippen LogP contribution is -2.62. The summed E-state index contributed by atoms with van der Waals surface area (Å²) < 4.78 is 5.26. The molecule has 0 unspecified atom stereocenters. The molecule has 1 N–H and O–H groups in total. The molecule has 0 saturated carbocycles. The summed E-state index contributed by atoms with van der Waals surface area (Å²) in [6, 6.07) is 22.0. The largest absolute Gasteiger partial charge is 0.497 e. The summed E-state index contributed by atoms with van der Waals surface area (Å²) in [7, 11) is 3.32. The van der Waals surface area contributed by atoms with Gasteiger partial charge in [-0.25, -0.2) is 0 Å². The van der Waals surface area contributed by atoms with Crippen molar-refractivity contribution in [3.05, 3.63) is 83.9 Å². The fourth-order valence-corrected chi connectivity index (χ4v) is 4.22. The first kappa shape index (κ1) is 17.3. The van der Waals surface area contributed by atoms with Crippen molar-refractivity contribution in [2.75, 3.05) is 29.3 Å². The molecule has 5 rings (SSSR count). The zero-order chi connectivity index (χ0) is 20.2. The molecule has 1 atom stereocenters. The number of ether oxygens (including phenoxy) is 1. The Labute approximate surface area is 168 Å². The van der Waals surface area contributed by atoms with Gasteiger partial charge in [0.05, 0.1) is 18.4 Å². The molecule has 1 spiro atoms. The van der Waals surface area contributed by atoms with Gasteiger partial charge in [-0.15, -0.1) is 0 Å². The average molecular weight is 385 g/mol. The molecule has 29 heavy (non-hydrogen) atoms. The Morgan fingerprint density at radius 1 is 0.897 bits per heavy atom. The molecule has 0 aromatic heterocycles. The standard InChI is InChI=1S/C23H19N3O3/c1-25-20-10-6-4-8-18(20)23(22(25)28)24-19-9-5-3-7-17(19)21(27)26(23)15-11-13-16(29-2)14-12-15/h3-14,24H,1-2H3/t23-/m1/s1. The molecule has 3 aromatic carbocycles. The van der Waals surface area contributed by atoms with E-state index >= 15 is 0 Å². The molecule has 2 amide bonds. The third-order valence-corrected chi connectivity index (χ3v) is 5.61. The van der Waals surface area contributed by atoms with Crippen LogP contribution in [0.15, 0.2) is 72.8 Å². The van der Waals surface area contributed by atoms with Gasteiger partial charge < -0.3 is 15.0 Å². The van der Waals surface area contributed by atoms with Crippen LogP contribution >= 0.6 is 0 Å². The molecule has 3 aromatic rings. The number of fused-ring (bicyclic) bond motifs is 3. The van der Waals surface area contributed by atoms with Crippen LogP contribution in [0.3, 0.4) is 0 Å². The van der Waals surface area contributed by atoms with E-state index in [-0.39, 0.29) is 11.8 Å². The van der Waals surface area contributed by atoms with Crippen LogP contribution in [0.2, 0.25) is 0 Å². The van der Waals surface area contributed by atoms with Gasteiger partial charge in [0, 0.05) is 24.0 Å². The Hall–Kier alpha value is -3.80. The van der Waals surface area contributed by atoms with Gasteiger partial charge in [-0.2, -0.15) is 0 Å². The van der Waals surface area contributed by atoms with Crippen molar-refractivity contribution in [2.24, 2.45) is 0 Å². The van der Waals surface area contributed by atoms with Gasteiger partial charge in [0.25, 0.3) is 11.8 Å². The fourth-order valence-electron chi connectivity index (χ4n) is 4.22. The summed E-state index contributed by atoms with van der Waals surface area (Å²) in [5.74, 6) is 0.233. The molecule has 6 nitrogen and oxygen atoms in total. The Kier molecular flexibility index (Phi) is 3.64. The summed E-state index contributed by atoms with van der Waals surface area (Å²) in [5.41, 5.74) is 1.93. The van der Waals surface area contributed by atoms with E-state index in [9.17, 15) is 9.59 Å². The van der Waals surface area contributed by atoms with Crippen molar-refractivity contribution in [2.45, 2.75) is 5.66 Å². The Balaban J connectivity index is 1.80. The van der Waals surface area contributed by atoms with Crippen molar-refractivity contribution < 1.29 is 14.3 Å². The van der Waals surface area contributed by atoms with Crippen LogP contribution in [0, 0.1) is 0 Å².